The number of nitrogens with one attached hydrogen (secondary N) is 1. The van der Waals surface area contributed by atoms with E-state index in [1.807, 2.05) is 6.92 Å². The summed E-state index contributed by atoms with van der Waals surface area (Å²) in [7, 11) is 0. The van der Waals surface area contributed by atoms with E-state index in [-0.39, 0.29) is 0 Å². The molecule has 0 radical (unpaired) electrons. The molecule has 5 nitrogen and oxygen atoms in total. The highest BCUT2D eigenvalue weighted by Crippen LogP contribution is 2.28. The zero-order valence-electron chi connectivity index (χ0n) is 11.9. The molecule has 0 aromatic carbocycles. The number of anilines is 1. The molecule has 20 heavy (non-hydrogen) atoms. The molecule has 2 aromatic heterocycles. The summed E-state index contributed by atoms with van der Waals surface area (Å²) in [6.45, 7) is 4.29. The fourth-order valence-corrected chi connectivity index (χ4v) is 3.12. The second-order valence-electron chi connectivity index (χ2n) is 5.71. The van der Waals surface area contributed by atoms with Crippen molar-refractivity contribution in [2.45, 2.75) is 52.0 Å². The Bertz CT molecular complexity index is 609. The minimum Gasteiger partial charge on any atom is -0.367 e. The summed E-state index contributed by atoms with van der Waals surface area (Å²) in [5.74, 6) is 2.13. The molecule has 0 saturated heterocycles. The highest BCUT2D eigenvalue weighted by atomic mass is 35.5. The van der Waals surface area contributed by atoms with Gasteiger partial charge in [0.15, 0.2) is 0 Å². The van der Waals surface area contributed by atoms with Crippen LogP contribution >= 0.6 is 11.6 Å². The zero-order valence-corrected chi connectivity index (χ0v) is 12.7. The van der Waals surface area contributed by atoms with E-state index in [1.54, 1.807) is 4.52 Å². The third kappa shape index (κ3) is 2.46. The van der Waals surface area contributed by atoms with E-state index in [0.29, 0.717) is 22.9 Å². The van der Waals surface area contributed by atoms with Gasteiger partial charge in [0, 0.05) is 11.6 Å². The van der Waals surface area contributed by atoms with Gasteiger partial charge < -0.3 is 5.32 Å². The summed E-state index contributed by atoms with van der Waals surface area (Å²) in [5.41, 5.74) is 0.932. The van der Waals surface area contributed by atoms with Gasteiger partial charge in [0.1, 0.15) is 17.3 Å². The number of hydrogen-bond acceptors (Lipinski definition) is 4. The predicted molar refractivity (Wildman–Crippen MR) is 80.2 cm³/mol. The Morgan fingerprint density at radius 2 is 2.10 bits per heavy atom. The second-order valence-corrected chi connectivity index (χ2v) is 6.07. The van der Waals surface area contributed by atoms with Gasteiger partial charge in [0.25, 0.3) is 5.78 Å². The Kier molecular flexibility index (Phi) is 3.78. The molecule has 6 heteroatoms. The summed E-state index contributed by atoms with van der Waals surface area (Å²) in [5, 5.41) is 8.40. The van der Waals surface area contributed by atoms with Crippen LogP contribution in [0.15, 0.2) is 6.33 Å². The highest BCUT2D eigenvalue weighted by molar-refractivity contribution is 6.30. The van der Waals surface area contributed by atoms with Gasteiger partial charge in [-0.25, -0.2) is 0 Å². The first kappa shape index (κ1) is 13.6. The minimum atomic E-state index is 0.460. The zero-order chi connectivity index (χ0) is 14.1. The van der Waals surface area contributed by atoms with Crippen molar-refractivity contribution >= 4 is 23.2 Å². The molecule has 2 unspecified atom stereocenters. The van der Waals surface area contributed by atoms with Crippen LogP contribution in [0.1, 0.15) is 44.6 Å². The standard InChI is InChI=1S/C14H20ClN5/c1-9-6-4-3-5-7-11(9)18-13-10(2)12(15)19-14-16-8-17-20(13)14/h8-9,11,18H,3-7H2,1-2H3. The summed E-state index contributed by atoms with van der Waals surface area (Å²) in [6.07, 6.45) is 7.92. The largest absolute Gasteiger partial charge is 0.367 e. The van der Waals surface area contributed by atoms with Crippen LogP contribution in [-0.4, -0.2) is 25.6 Å². The fraction of sp³-hybridized carbons (Fsp3) is 0.643. The number of halogens is 1. The number of fused-ring (bicyclic) bond motifs is 1. The molecular formula is C14H20ClN5. The SMILES string of the molecule is Cc1c(Cl)nc2ncnn2c1NC1CCCCCC1C. The molecule has 108 valence electrons. The summed E-state index contributed by atoms with van der Waals surface area (Å²) >= 11 is 6.20. The van der Waals surface area contributed by atoms with Crippen LogP contribution in [-0.2, 0) is 0 Å². The lowest BCUT2D eigenvalue weighted by Gasteiger charge is -2.25. The number of rotatable bonds is 2. The Morgan fingerprint density at radius 3 is 2.95 bits per heavy atom. The summed E-state index contributed by atoms with van der Waals surface area (Å²) < 4.78 is 1.75. The first-order chi connectivity index (χ1) is 9.66. The van der Waals surface area contributed by atoms with Crippen molar-refractivity contribution < 1.29 is 0 Å². The number of aromatic nitrogens is 4. The molecular weight excluding hydrogens is 274 g/mol. The lowest BCUT2D eigenvalue weighted by atomic mass is 9.97. The van der Waals surface area contributed by atoms with Crippen LogP contribution in [0.3, 0.4) is 0 Å². The van der Waals surface area contributed by atoms with Crippen molar-refractivity contribution in [1.82, 2.24) is 19.6 Å². The first-order valence-electron chi connectivity index (χ1n) is 7.29. The van der Waals surface area contributed by atoms with Gasteiger partial charge in [0.2, 0.25) is 0 Å². The monoisotopic (exact) mass is 293 g/mol. The van der Waals surface area contributed by atoms with Crippen molar-refractivity contribution in [2.75, 3.05) is 5.32 Å². The van der Waals surface area contributed by atoms with E-state index >= 15 is 0 Å². The van der Waals surface area contributed by atoms with Gasteiger partial charge in [-0.15, -0.1) is 0 Å². The Morgan fingerprint density at radius 1 is 1.30 bits per heavy atom. The molecule has 2 heterocycles. The molecule has 1 fully saturated rings. The average Bonchev–Trinajstić information content (AvgIpc) is 2.79. The molecule has 0 spiro atoms. The van der Waals surface area contributed by atoms with E-state index in [4.69, 9.17) is 11.6 Å². The molecule has 2 atom stereocenters. The van der Waals surface area contributed by atoms with E-state index < -0.39 is 0 Å². The third-order valence-corrected chi connectivity index (χ3v) is 4.66. The maximum atomic E-state index is 6.20. The van der Waals surface area contributed by atoms with Crippen molar-refractivity contribution in [1.29, 1.82) is 0 Å². The topological polar surface area (TPSA) is 55.1 Å². The van der Waals surface area contributed by atoms with Crippen LogP contribution in [0.25, 0.3) is 5.78 Å². The molecule has 0 aliphatic heterocycles. The maximum Gasteiger partial charge on any atom is 0.255 e. The van der Waals surface area contributed by atoms with Gasteiger partial charge in [-0.1, -0.05) is 37.8 Å². The molecule has 1 saturated carbocycles. The van der Waals surface area contributed by atoms with Crippen molar-refractivity contribution in [3.05, 3.63) is 17.0 Å². The van der Waals surface area contributed by atoms with Crippen LogP contribution in [0.4, 0.5) is 5.82 Å². The maximum absolute atomic E-state index is 6.20. The predicted octanol–water partition coefficient (Wildman–Crippen LogP) is 3.47. The van der Waals surface area contributed by atoms with Crippen LogP contribution in [0.2, 0.25) is 5.15 Å². The van der Waals surface area contributed by atoms with Gasteiger partial charge in [-0.2, -0.15) is 19.6 Å². The molecule has 2 aromatic rings. The summed E-state index contributed by atoms with van der Waals surface area (Å²) in [6, 6.07) is 0.460. The van der Waals surface area contributed by atoms with Gasteiger partial charge in [-0.05, 0) is 25.7 Å². The molecule has 1 aliphatic carbocycles. The van der Waals surface area contributed by atoms with Crippen molar-refractivity contribution in [2.24, 2.45) is 5.92 Å². The van der Waals surface area contributed by atoms with E-state index in [9.17, 15) is 0 Å². The van der Waals surface area contributed by atoms with Crippen LogP contribution < -0.4 is 5.32 Å². The van der Waals surface area contributed by atoms with Crippen molar-refractivity contribution in [3.8, 4) is 0 Å². The van der Waals surface area contributed by atoms with Crippen LogP contribution in [0.5, 0.6) is 0 Å². The van der Waals surface area contributed by atoms with E-state index in [2.05, 4.69) is 27.3 Å². The molecule has 1 N–H and O–H groups in total. The molecule has 0 amide bonds. The number of hydrogen-bond donors (Lipinski definition) is 1. The minimum absolute atomic E-state index is 0.460. The smallest absolute Gasteiger partial charge is 0.255 e. The first-order valence-corrected chi connectivity index (χ1v) is 7.67. The lowest BCUT2D eigenvalue weighted by Crippen LogP contribution is -2.28. The Balaban J connectivity index is 1.96. The molecule has 0 bridgehead atoms. The van der Waals surface area contributed by atoms with Crippen molar-refractivity contribution in [3.63, 3.8) is 0 Å². The van der Waals surface area contributed by atoms with Crippen LogP contribution in [0, 0.1) is 12.8 Å². The normalized spacial score (nSPS) is 23.8. The average molecular weight is 294 g/mol. The molecule has 1 aliphatic rings. The lowest BCUT2D eigenvalue weighted by molar-refractivity contribution is 0.454. The van der Waals surface area contributed by atoms with Gasteiger partial charge >= 0.3 is 0 Å². The highest BCUT2D eigenvalue weighted by Gasteiger charge is 2.22. The molecule has 3 rings (SSSR count). The fourth-order valence-electron chi connectivity index (χ4n) is 2.95. The van der Waals surface area contributed by atoms with E-state index in [1.165, 1.54) is 38.4 Å². The Hall–Kier alpha value is -1.36. The Labute approximate surface area is 123 Å². The van der Waals surface area contributed by atoms with Gasteiger partial charge in [0.05, 0.1) is 0 Å². The quantitative estimate of drug-likeness (QED) is 0.680. The number of nitrogens with zero attached hydrogens (tertiary/aromatic N) is 4. The second kappa shape index (κ2) is 5.56. The third-order valence-electron chi connectivity index (χ3n) is 4.29. The van der Waals surface area contributed by atoms with E-state index in [0.717, 1.165) is 11.4 Å². The summed E-state index contributed by atoms with van der Waals surface area (Å²) in [4.78, 5) is 8.37. The van der Waals surface area contributed by atoms with Gasteiger partial charge in [-0.3, -0.25) is 0 Å².